The Morgan fingerprint density at radius 1 is 1.36 bits per heavy atom. The van der Waals surface area contributed by atoms with Crippen molar-refractivity contribution in [3.05, 3.63) is 11.6 Å². The van der Waals surface area contributed by atoms with Gasteiger partial charge in [0.05, 0.1) is 0 Å². The van der Waals surface area contributed by atoms with E-state index in [1.807, 2.05) is 0 Å². The lowest BCUT2D eigenvalue weighted by atomic mass is 10.1. The number of nitrogens with one attached hydrogen (secondary N) is 1. The Hall–Kier alpha value is -0.860. The number of rotatable bonds is 4. The third kappa shape index (κ3) is 2.14. The van der Waals surface area contributed by atoms with Crippen molar-refractivity contribution in [3.63, 3.8) is 0 Å². The third-order valence-corrected chi connectivity index (χ3v) is 3.04. The molecule has 1 aromatic rings. The van der Waals surface area contributed by atoms with Crippen LogP contribution in [0.1, 0.15) is 63.0 Å². The van der Waals surface area contributed by atoms with E-state index in [2.05, 4.69) is 22.1 Å². The van der Waals surface area contributed by atoms with Gasteiger partial charge in [0, 0.05) is 12.3 Å². The molecule has 1 aliphatic rings. The summed E-state index contributed by atoms with van der Waals surface area (Å²) >= 11 is 0. The first-order valence-corrected chi connectivity index (χ1v) is 5.81. The second kappa shape index (κ2) is 4.58. The summed E-state index contributed by atoms with van der Waals surface area (Å²) in [6, 6.07) is 0. The summed E-state index contributed by atoms with van der Waals surface area (Å²) in [5.74, 6) is 2.78. The van der Waals surface area contributed by atoms with E-state index in [9.17, 15) is 0 Å². The van der Waals surface area contributed by atoms with Gasteiger partial charge in [-0.3, -0.25) is 5.10 Å². The molecule has 78 valence electrons. The number of aromatic amines is 1. The lowest BCUT2D eigenvalue weighted by Crippen LogP contribution is -1.95. The summed E-state index contributed by atoms with van der Waals surface area (Å²) in [6.07, 6.45) is 8.75. The number of unbranched alkanes of at least 4 members (excludes halogenated alkanes) is 1. The van der Waals surface area contributed by atoms with Crippen LogP contribution in [-0.2, 0) is 6.42 Å². The highest BCUT2D eigenvalue weighted by Gasteiger charge is 2.20. The molecule has 1 N–H and O–H groups in total. The number of nitrogens with zero attached hydrogens (tertiary/aromatic N) is 2. The fourth-order valence-corrected chi connectivity index (χ4v) is 2.13. The third-order valence-electron chi connectivity index (χ3n) is 3.04. The topological polar surface area (TPSA) is 41.6 Å². The average Bonchev–Trinajstić information content (AvgIpc) is 2.85. The van der Waals surface area contributed by atoms with E-state index in [4.69, 9.17) is 0 Å². The van der Waals surface area contributed by atoms with Crippen LogP contribution in [0.5, 0.6) is 0 Å². The standard InChI is InChI=1S/C11H19N3/c1-2-3-8-10-12-11(14-13-10)9-6-4-5-7-9/h9H,2-8H2,1H3,(H,12,13,14). The number of hydrogen-bond acceptors (Lipinski definition) is 2. The smallest absolute Gasteiger partial charge is 0.153 e. The SMILES string of the molecule is CCCCc1nc(C2CCCC2)n[nH]1. The molecule has 0 aliphatic heterocycles. The molecule has 0 aromatic carbocycles. The normalized spacial score (nSPS) is 17.8. The molecular weight excluding hydrogens is 174 g/mol. The van der Waals surface area contributed by atoms with Crippen LogP contribution in [0.2, 0.25) is 0 Å². The highest BCUT2D eigenvalue weighted by molar-refractivity contribution is 4.99. The highest BCUT2D eigenvalue weighted by atomic mass is 15.2. The first kappa shape index (κ1) is 9.69. The molecule has 0 radical (unpaired) electrons. The molecule has 0 atom stereocenters. The summed E-state index contributed by atoms with van der Waals surface area (Å²) in [4.78, 5) is 4.56. The van der Waals surface area contributed by atoms with Gasteiger partial charge in [0.15, 0.2) is 5.82 Å². The molecule has 1 aromatic heterocycles. The Balaban J connectivity index is 1.94. The van der Waals surface area contributed by atoms with Gasteiger partial charge < -0.3 is 0 Å². The molecule has 0 unspecified atom stereocenters. The van der Waals surface area contributed by atoms with Crippen LogP contribution in [-0.4, -0.2) is 15.2 Å². The van der Waals surface area contributed by atoms with Gasteiger partial charge in [-0.15, -0.1) is 0 Å². The maximum atomic E-state index is 4.56. The Morgan fingerprint density at radius 3 is 2.86 bits per heavy atom. The van der Waals surface area contributed by atoms with Crippen molar-refractivity contribution < 1.29 is 0 Å². The number of aryl methyl sites for hydroxylation is 1. The van der Waals surface area contributed by atoms with Gasteiger partial charge in [0.2, 0.25) is 0 Å². The second-order valence-electron chi connectivity index (χ2n) is 4.23. The van der Waals surface area contributed by atoms with Gasteiger partial charge in [-0.2, -0.15) is 5.10 Å². The van der Waals surface area contributed by atoms with Gasteiger partial charge in [0.25, 0.3) is 0 Å². The Morgan fingerprint density at radius 2 is 2.14 bits per heavy atom. The van der Waals surface area contributed by atoms with Crippen LogP contribution < -0.4 is 0 Å². The van der Waals surface area contributed by atoms with Crippen LogP contribution in [0.4, 0.5) is 0 Å². The van der Waals surface area contributed by atoms with Crippen LogP contribution in [0, 0.1) is 0 Å². The van der Waals surface area contributed by atoms with Crippen LogP contribution >= 0.6 is 0 Å². The molecule has 3 nitrogen and oxygen atoms in total. The van der Waals surface area contributed by atoms with E-state index in [0.717, 1.165) is 18.1 Å². The number of aromatic nitrogens is 3. The minimum atomic E-state index is 0.640. The number of H-pyrrole nitrogens is 1. The van der Waals surface area contributed by atoms with Crippen LogP contribution in [0.15, 0.2) is 0 Å². The van der Waals surface area contributed by atoms with Gasteiger partial charge in [-0.05, 0) is 19.3 Å². The van der Waals surface area contributed by atoms with Crippen LogP contribution in [0.25, 0.3) is 0 Å². The summed E-state index contributed by atoms with van der Waals surface area (Å²) in [5, 5.41) is 7.37. The molecule has 2 rings (SSSR count). The molecule has 0 saturated heterocycles. The van der Waals surface area contributed by atoms with Gasteiger partial charge in [-0.25, -0.2) is 4.98 Å². The minimum absolute atomic E-state index is 0.640. The van der Waals surface area contributed by atoms with Crippen LogP contribution in [0.3, 0.4) is 0 Å². The lowest BCUT2D eigenvalue weighted by molar-refractivity contribution is 0.670. The molecule has 0 amide bonds. The summed E-state index contributed by atoms with van der Waals surface area (Å²) in [7, 11) is 0. The lowest BCUT2D eigenvalue weighted by Gasteiger charge is -2.00. The molecule has 1 aliphatic carbocycles. The zero-order chi connectivity index (χ0) is 9.80. The molecule has 0 bridgehead atoms. The quantitative estimate of drug-likeness (QED) is 0.798. The fraction of sp³-hybridized carbons (Fsp3) is 0.818. The van der Waals surface area contributed by atoms with E-state index in [0.29, 0.717) is 5.92 Å². The molecular formula is C11H19N3. The molecule has 1 heterocycles. The predicted molar refractivity (Wildman–Crippen MR) is 56.2 cm³/mol. The maximum absolute atomic E-state index is 4.56. The zero-order valence-electron chi connectivity index (χ0n) is 8.92. The highest BCUT2D eigenvalue weighted by Crippen LogP contribution is 2.31. The predicted octanol–water partition coefficient (Wildman–Crippen LogP) is 2.80. The maximum Gasteiger partial charge on any atom is 0.153 e. The van der Waals surface area contributed by atoms with Crippen molar-refractivity contribution in [1.29, 1.82) is 0 Å². The summed E-state index contributed by atoms with van der Waals surface area (Å²) in [5.41, 5.74) is 0. The number of hydrogen-bond donors (Lipinski definition) is 1. The van der Waals surface area contributed by atoms with Gasteiger partial charge >= 0.3 is 0 Å². The van der Waals surface area contributed by atoms with Crippen molar-refractivity contribution in [2.24, 2.45) is 0 Å². The molecule has 0 spiro atoms. The van der Waals surface area contributed by atoms with Crippen molar-refractivity contribution in [3.8, 4) is 0 Å². The average molecular weight is 193 g/mol. The first-order valence-electron chi connectivity index (χ1n) is 5.81. The van der Waals surface area contributed by atoms with Crippen molar-refractivity contribution in [2.45, 2.75) is 57.8 Å². The minimum Gasteiger partial charge on any atom is -0.263 e. The largest absolute Gasteiger partial charge is 0.263 e. The monoisotopic (exact) mass is 193 g/mol. The Labute approximate surface area is 85.3 Å². The Bertz CT molecular complexity index is 274. The Kier molecular flexibility index (Phi) is 3.17. The van der Waals surface area contributed by atoms with E-state index in [-0.39, 0.29) is 0 Å². The van der Waals surface area contributed by atoms with Gasteiger partial charge in [0.1, 0.15) is 5.82 Å². The van der Waals surface area contributed by atoms with Crippen molar-refractivity contribution in [1.82, 2.24) is 15.2 Å². The fourth-order valence-electron chi connectivity index (χ4n) is 2.13. The van der Waals surface area contributed by atoms with E-state index < -0.39 is 0 Å². The molecule has 14 heavy (non-hydrogen) atoms. The molecule has 1 fully saturated rings. The second-order valence-corrected chi connectivity index (χ2v) is 4.23. The van der Waals surface area contributed by atoms with E-state index in [1.165, 1.54) is 38.5 Å². The van der Waals surface area contributed by atoms with Crippen molar-refractivity contribution in [2.75, 3.05) is 0 Å². The first-order chi connectivity index (χ1) is 6.90. The summed E-state index contributed by atoms with van der Waals surface area (Å²) in [6.45, 7) is 2.20. The summed E-state index contributed by atoms with van der Waals surface area (Å²) < 4.78 is 0. The zero-order valence-corrected chi connectivity index (χ0v) is 8.92. The van der Waals surface area contributed by atoms with E-state index in [1.54, 1.807) is 0 Å². The molecule has 3 heteroatoms. The van der Waals surface area contributed by atoms with Crippen molar-refractivity contribution >= 4 is 0 Å². The molecule has 1 saturated carbocycles. The van der Waals surface area contributed by atoms with Gasteiger partial charge in [-0.1, -0.05) is 26.2 Å². The van der Waals surface area contributed by atoms with E-state index >= 15 is 0 Å².